The highest BCUT2D eigenvalue weighted by Gasteiger charge is 2.22. The standard InChI is InChI=1S/C17H28N4OS/c1-14-19-12-16(23-14)13-20-8-10-21(11-9-20)17(22)3-2-15-4-6-18-7-5-15/h12,15,18H,2-11,13H2,1H3. The minimum atomic E-state index is 0.358. The summed E-state index contributed by atoms with van der Waals surface area (Å²) in [6.45, 7) is 8.98. The lowest BCUT2D eigenvalue weighted by molar-refractivity contribution is -0.133. The average Bonchev–Trinajstić information content (AvgIpc) is 2.99. The fraction of sp³-hybridized carbons (Fsp3) is 0.765. The van der Waals surface area contributed by atoms with Crippen LogP contribution in [-0.2, 0) is 11.3 Å². The number of aromatic nitrogens is 1. The molecule has 0 unspecified atom stereocenters. The van der Waals surface area contributed by atoms with E-state index in [2.05, 4.69) is 20.1 Å². The molecule has 5 nitrogen and oxygen atoms in total. The summed E-state index contributed by atoms with van der Waals surface area (Å²) < 4.78 is 0. The smallest absolute Gasteiger partial charge is 0.222 e. The quantitative estimate of drug-likeness (QED) is 0.892. The van der Waals surface area contributed by atoms with Crippen LogP contribution in [0.2, 0.25) is 0 Å². The van der Waals surface area contributed by atoms with Crippen molar-refractivity contribution in [2.24, 2.45) is 5.92 Å². The van der Waals surface area contributed by atoms with E-state index in [1.165, 1.54) is 17.7 Å². The molecule has 1 aromatic rings. The average molecular weight is 337 g/mol. The molecular weight excluding hydrogens is 308 g/mol. The van der Waals surface area contributed by atoms with E-state index in [0.717, 1.165) is 69.6 Å². The number of carbonyl (C=O) groups excluding carboxylic acids is 1. The highest BCUT2D eigenvalue weighted by Crippen LogP contribution is 2.19. The third kappa shape index (κ3) is 4.99. The maximum absolute atomic E-state index is 12.4. The van der Waals surface area contributed by atoms with E-state index in [1.54, 1.807) is 11.3 Å². The molecule has 0 atom stereocenters. The summed E-state index contributed by atoms with van der Waals surface area (Å²) in [6, 6.07) is 0. The largest absolute Gasteiger partial charge is 0.340 e. The number of piperazine rings is 1. The Kier molecular flexibility index (Phi) is 6.02. The number of piperidine rings is 1. The zero-order valence-corrected chi connectivity index (χ0v) is 14.9. The van der Waals surface area contributed by atoms with Crippen molar-refractivity contribution in [2.75, 3.05) is 39.3 Å². The van der Waals surface area contributed by atoms with Crippen LogP contribution in [0.1, 0.15) is 35.6 Å². The third-order valence-corrected chi connectivity index (χ3v) is 5.90. The maximum atomic E-state index is 12.4. The van der Waals surface area contributed by atoms with E-state index in [9.17, 15) is 4.79 Å². The summed E-state index contributed by atoms with van der Waals surface area (Å²) in [5.74, 6) is 1.10. The lowest BCUT2D eigenvalue weighted by Crippen LogP contribution is -2.48. The molecule has 2 aliphatic rings. The number of carbonyl (C=O) groups is 1. The van der Waals surface area contributed by atoms with Gasteiger partial charge in [0, 0.05) is 50.2 Å². The van der Waals surface area contributed by atoms with Crippen LogP contribution in [0.3, 0.4) is 0 Å². The molecule has 1 aromatic heterocycles. The van der Waals surface area contributed by atoms with Crippen LogP contribution in [0.15, 0.2) is 6.20 Å². The normalized spacial score (nSPS) is 20.8. The first-order chi connectivity index (χ1) is 11.2. The topological polar surface area (TPSA) is 48.5 Å². The first-order valence-electron chi connectivity index (χ1n) is 8.83. The fourth-order valence-electron chi connectivity index (χ4n) is 3.51. The molecule has 1 amide bonds. The number of nitrogens with zero attached hydrogens (tertiary/aromatic N) is 3. The van der Waals surface area contributed by atoms with Gasteiger partial charge in [0.15, 0.2) is 0 Å². The molecule has 23 heavy (non-hydrogen) atoms. The van der Waals surface area contributed by atoms with Gasteiger partial charge in [-0.1, -0.05) is 0 Å². The Labute approximate surface area is 143 Å². The predicted octanol–water partition coefficient (Wildman–Crippen LogP) is 1.88. The van der Waals surface area contributed by atoms with Gasteiger partial charge in [0.1, 0.15) is 0 Å². The van der Waals surface area contributed by atoms with Crippen molar-refractivity contribution in [2.45, 2.75) is 39.2 Å². The van der Waals surface area contributed by atoms with Crippen molar-refractivity contribution >= 4 is 17.2 Å². The molecule has 0 aliphatic carbocycles. The van der Waals surface area contributed by atoms with Crippen LogP contribution in [0.5, 0.6) is 0 Å². The monoisotopic (exact) mass is 336 g/mol. The lowest BCUT2D eigenvalue weighted by atomic mass is 9.93. The van der Waals surface area contributed by atoms with E-state index in [1.807, 2.05) is 13.1 Å². The van der Waals surface area contributed by atoms with Crippen LogP contribution in [0.4, 0.5) is 0 Å². The van der Waals surface area contributed by atoms with Gasteiger partial charge in [-0.25, -0.2) is 4.98 Å². The summed E-state index contributed by atoms with van der Waals surface area (Å²) in [4.78, 5) is 22.5. The molecule has 6 heteroatoms. The van der Waals surface area contributed by atoms with Crippen LogP contribution in [0.25, 0.3) is 0 Å². The number of hydrogen-bond donors (Lipinski definition) is 1. The highest BCUT2D eigenvalue weighted by molar-refractivity contribution is 7.11. The van der Waals surface area contributed by atoms with Gasteiger partial charge >= 0.3 is 0 Å². The van der Waals surface area contributed by atoms with Crippen molar-refractivity contribution in [3.8, 4) is 0 Å². The zero-order chi connectivity index (χ0) is 16.1. The molecule has 1 N–H and O–H groups in total. The SMILES string of the molecule is Cc1ncc(CN2CCN(C(=O)CCC3CCNCC3)CC2)s1. The third-order valence-electron chi connectivity index (χ3n) is 5.00. The lowest BCUT2D eigenvalue weighted by Gasteiger charge is -2.35. The second kappa shape index (κ2) is 8.22. The Morgan fingerprint density at radius 3 is 2.70 bits per heavy atom. The fourth-order valence-corrected chi connectivity index (χ4v) is 4.35. The van der Waals surface area contributed by atoms with E-state index >= 15 is 0 Å². The Morgan fingerprint density at radius 1 is 1.30 bits per heavy atom. The van der Waals surface area contributed by atoms with E-state index in [-0.39, 0.29) is 0 Å². The molecule has 0 saturated carbocycles. The molecule has 2 saturated heterocycles. The number of rotatable bonds is 5. The summed E-state index contributed by atoms with van der Waals surface area (Å²) in [6.07, 6.45) is 6.25. The van der Waals surface area contributed by atoms with Crippen LogP contribution in [0, 0.1) is 12.8 Å². The number of nitrogens with one attached hydrogen (secondary N) is 1. The van der Waals surface area contributed by atoms with Gasteiger partial charge in [-0.15, -0.1) is 11.3 Å². The van der Waals surface area contributed by atoms with E-state index < -0.39 is 0 Å². The van der Waals surface area contributed by atoms with Crippen LogP contribution < -0.4 is 5.32 Å². The Hall–Kier alpha value is -0.980. The Balaban J connectivity index is 1.37. The number of hydrogen-bond acceptors (Lipinski definition) is 5. The van der Waals surface area contributed by atoms with Crippen molar-refractivity contribution < 1.29 is 4.79 Å². The van der Waals surface area contributed by atoms with Crippen molar-refractivity contribution in [3.05, 3.63) is 16.1 Å². The molecule has 0 aromatic carbocycles. The minimum Gasteiger partial charge on any atom is -0.340 e. The van der Waals surface area contributed by atoms with Gasteiger partial charge in [0.05, 0.1) is 5.01 Å². The van der Waals surface area contributed by atoms with Crippen molar-refractivity contribution in [1.82, 2.24) is 20.1 Å². The van der Waals surface area contributed by atoms with Crippen molar-refractivity contribution in [1.29, 1.82) is 0 Å². The Morgan fingerprint density at radius 2 is 2.04 bits per heavy atom. The molecule has 0 radical (unpaired) electrons. The number of aryl methyl sites for hydroxylation is 1. The summed E-state index contributed by atoms with van der Waals surface area (Å²) in [5.41, 5.74) is 0. The van der Waals surface area contributed by atoms with Gasteiger partial charge < -0.3 is 10.2 Å². The predicted molar refractivity (Wildman–Crippen MR) is 93.5 cm³/mol. The second-order valence-electron chi connectivity index (χ2n) is 6.73. The number of amides is 1. The summed E-state index contributed by atoms with van der Waals surface area (Å²) >= 11 is 1.77. The molecule has 2 aliphatic heterocycles. The number of thiazole rings is 1. The van der Waals surface area contributed by atoms with Crippen LogP contribution >= 0.6 is 11.3 Å². The van der Waals surface area contributed by atoms with Gasteiger partial charge in [0.25, 0.3) is 0 Å². The highest BCUT2D eigenvalue weighted by atomic mass is 32.1. The molecule has 0 bridgehead atoms. The van der Waals surface area contributed by atoms with Crippen LogP contribution in [-0.4, -0.2) is 60.0 Å². The second-order valence-corrected chi connectivity index (χ2v) is 8.05. The summed E-state index contributed by atoms with van der Waals surface area (Å²) in [5, 5.41) is 4.52. The molecule has 2 fully saturated rings. The first-order valence-corrected chi connectivity index (χ1v) is 9.64. The molecule has 128 valence electrons. The maximum Gasteiger partial charge on any atom is 0.222 e. The van der Waals surface area contributed by atoms with E-state index in [4.69, 9.17) is 0 Å². The molecule has 3 heterocycles. The zero-order valence-electron chi connectivity index (χ0n) is 14.1. The van der Waals surface area contributed by atoms with Gasteiger partial charge in [-0.05, 0) is 45.2 Å². The van der Waals surface area contributed by atoms with E-state index in [0.29, 0.717) is 5.91 Å². The Bertz CT molecular complexity index is 504. The van der Waals surface area contributed by atoms with Gasteiger partial charge in [-0.3, -0.25) is 9.69 Å². The molecular formula is C17H28N4OS. The first kappa shape index (κ1) is 16.9. The van der Waals surface area contributed by atoms with Crippen molar-refractivity contribution in [3.63, 3.8) is 0 Å². The van der Waals surface area contributed by atoms with Gasteiger partial charge in [-0.2, -0.15) is 0 Å². The molecule has 0 spiro atoms. The molecule has 3 rings (SSSR count). The minimum absolute atomic E-state index is 0.358. The van der Waals surface area contributed by atoms with Gasteiger partial charge in [0.2, 0.25) is 5.91 Å². The summed E-state index contributed by atoms with van der Waals surface area (Å²) in [7, 11) is 0.